The summed E-state index contributed by atoms with van der Waals surface area (Å²) in [5, 5.41) is 13.9. The lowest BCUT2D eigenvalue weighted by atomic mass is 10.1. The molecule has 0 radical (unpaired) electrons. The van der Waals surface area contributed by atoms with Gasteiger partial charge in [0.25, 0.3) is 0 Å². The molecule has 3 atom stereocenters. The SMILES string of the molecule is CC1CCC(c2noc(CC(O)C3CC3)n2)C1. The molecule has 1 N–H and O–H groups in total. The van der Waals surface area contributed by atoms with E-state index in [2.05, 4.69) is 17.1 Å². The second-order valence-corrected chi connectivity index (χ2v) is 5.77. The lowest BCUT2D eigenvalue weighted by molar-refractivity contribution is 0.140. The summed E-state index contributed by atoms with van der Waals surface area (Å²) < 4.78 is 5.24. The van der Waals surface area contributed by atoms with E-state index < -0.39 is 0 Å². The van der Waals surface area contributed by atoms with Crippen LogP contribution in [0.2, 0.25) is 0 Å². The van der Waals surface area contributed by atoms with Crippen LogP contribution >= 0.6 is 0 Å². The number of rotatable bonds is 4. The predicted molar refractivity (Wildman–Crippen MR) is 62.5 cm³/mol. The first-order chi connectivity index (χ1) is 8.22. The first-order valence-electron chi connectivity index (χ1n) is 6.73. The van der Waals surface area contributed by atoms with Crippen molar-refractivity contribution in [2.45, 2.75) is 57.5 Å². The minimum Gasteiger partial charge on any atom is -0.392 e. The average Bonchev–Trinajstić information content (AvgIpc) is 2.92. The topological polar surface area (TPSA) is 59.2 Å². The number of hydrogen-bond acceptors (Lipinski definition) is 4. The molecule has 17 heavy (non-hydrogen) atoms. The van der Waals surface area contributed by atoms with Crippen LogP contribution in [0.1, 0.15) is 56.7 Å². The summed E-state index contributed by atoms with van der Waals surface area (Å²) in [5.41, 5.74) is 0. The third kappa shape index (κ3) is 2.51. The van der Waals surface area contributed by atoms with Crippen molar-refractivity contribution in [1.29, 1.82) is 0 Å². The monoisotopic (exact) mass is 236 g/mol. The molecule has 0 bridgehead atoms. The summed E-state index contributed by atoms with van der Waals surface area (Å²) in [5.74, 6) is 3.18. The second-order valence-electron chi connectivity index (χ2n) is 5.77. The van der Waals surface area contributed by atoms with Crippen molar-refractivity contribution in [3.05, 3.63) is 11.7 Å². The van der Waals surface area contributed by atoms with E-state index in [1.165, 1.54) is 19.3 Å². The first kappa shape index (κ1) is 11.2. The van der Waals surface area contributed by atoms with Gasteiger partial charge in [0, 0.05) is 5.92 Å². The second kappa shape index (κ2) is 4.41. The maximum absolute atomic E-state index is 9.83. The highest BCUT2D eigenvalue weighted by Gasteiger charge is 2.32. The molecule has 0 aromatic carbocycles. The van der Waals surface area contributed by atoms with Crippen LogP contribution in [-0.2, 0) is 6.42 Å². The molecule has 0 aliphatic heterocycles. The zero-order valence-corrected chi connectivity index (χ0v) is 10.3. The lowest BCUT2D eigenvalue weighted by Gasteiger charge is -2.04. The van der Waals surface area contributed by atoms with Gasteiger partial charge in [0.15, 0.2) is 5.82 Å². The summed E-state index contributed by atoms with van der Waals surface area (Å²) in [6, 6.07) is 0. The van der Waals surface area contributed by atoms with Gasteiger partial charge in [0.2, 0.25) is 5.89 Å². The summed E-state index contributed by atoms with van der Waals surface area (Å²) in [6.07, 6.45) is 6.13. The van der Waals surface area contributed by atoms with Crippen LogP contribution in [0.4, 0.5) is 0 Å². The van der Waals surface area contributed by atoms with E-state index in [0.29, 0.717) is 24.1 Å². The van der Waals surface area contributed by atoms with Crippen LogP contribution in [0.3, 0.4) is 0 Å². The summed E-state index contributed by atoms with van der Waals surface area (Å²) in [7, 11) is 0. The van der Waals surface area contributed by atoms with Crippen molar-refractivity contribution in [2.75, 3.05) is 0 Å². The molecule has 0 saturated heterocycles. The van der Waals surface area contributed by atoms with Gasteiger partial charge in [-0.3, -0.25) is 0 Å². The van der Waals surface area contributed by atoms with Gasteiger partial charge in [-0.05, 0) is 43.9 Å². The Bertz CT molecular complexity index is 387. The van der Waals surface area contributed by atoms with Crippen molar-refractivity contribution in [1.82, 2.24) is 10.1 Å². The Hall–Kier alpha value is -0.900. The van der Waals surface area contributed by atoms with E-state index in [-0.39, 0.29) is 6.10 Å². The fourth-order valence-corrected chi connectivity index (χ4v) is 2.78. The molecule has 3 unspecified atom stereocenters. The van der Waals surface area contributed by atoms with Crippen LogP contribution < -0.4 is 0 Å². The summed E-state index contributed by atoms with van der Waals surface area (Å²) in [4.78, 5) is 4.44. The minimum atomic E-state index is -0.286. The molecular formula is C13H20N2O2. The zero-order chi connectivity index (χ0) is 11.8. The third-order valence-electron chi connectivity index (χ3n) is 4.09. The van der Waals surface area contributed by atoms with Crippen LogP contribution in [-0.4, -0.2) is 21.4 Å². The van der Waals surface area contributed by atoms with Crippen molar-refractivity contribution in [2.24, 2.45) is 11.8 Å². The minimum absolute atomic E-state index is 0.286. The quantitative estimate of drug-likeness (QED) is 0.871. The number of aliphatic hydroxyl groups is 1. The number of hydrogen-bond donors (Lipinski definition) is 1. The van der Waals surface area contributed by atoms with Crippen molar-refractivity contribution in [3.63, 3.8) is 0 Å². The Morgan fingerprint density at radius 2 is 2.18 bits per heavy atom. The molecule has 2 aliphatic carbocycles. The molecule has 2 saturated carbocycles. The third-order valence-corrected chi connectivity index (χ3v) is 4.09. The normalized spacial score (nSPS) is 30.7. The highest BCUT2D eigenvalue weighted by molar-refractivity contribution is 5.00. The molecule has 1 aromatic heterocycles. The molecule has 3 rings (SSSR count). The molecule has 0 spiro atoms. The van der Waals surface area contributed by atoms with Gasteiger partial charge in [-0.2, -0.15) is 4.98 Å². The number of nitrogens with zero attached hydrogens (tertiary/aromatic N) is 2. The Labute approximate surface area is 101 Å². The van der Waals surface area contributed by atoms with Crippen molar-refractivity contribution >= 4 is 0 Å². The van der Waals surface area contributed by atoms with Crippen LogP contribution in [0.5, 0.6) is 0 Å². The van der Waals surface area contributed by atoms with E-state index in [1.54, 1.807) is 0 Å². The molecule has 0 amide bonds. The maximum Gasteiger partial charge on any atom is 0.229 e. The Balaban J connectivity index is 1.61. The van der Waals surface area contributed by atoms with Gasteiger partial charge >= 0.3 is 0 Å². The van der Waals surface area contributed by atoms with Gasteiger partial charge in [0.1, 0.15) is 0 Å². The molecule has 1 aromatic rings. The molecule has 1 heterocycles. The van der Waals surface area contributed by atoms with Gasteiger partial charge in [-0.15, -0.1) is 0 Å². The Morgan fingerprint density at radius 3 is 2.82 bits per heavy atom. The largest absolute Gasteiger partial charge is 0.392 e. The predicted octanol–water partition coefficient (Wildman–Crippen LogP) is 2.29. The highest BCUT2D eigenvalue weighted by Crippen LogP contribution is 2.37. The molecule has 94 valence electrons. The number of aromatic nitrogens is 2. The Kier molecular flexibility index (Phi) is 2.90. The van der Waals surface area contributed by atoms with E-state index in [9.17, 15) is 5.11 Å². The van der Waals surface area contributed by atoms with Gasteiger partial charge < -0.3 is 9.63 Å². The van der Waals surface area contributed by atoms with Crippen LogP contribution in [0.25, 0.3) is 0 Å². The molecule has 2 aliphatic rings. The average molecular weight is 236 g/mol. The van der Waals surface area contributed by atoms with Gasteiger partial charge in [-0.25, -0.2) is 0 Å². The highest BCUT2D eigenvalue weighted by atomic mass is 16.5. The Morgan fingerprint density at radius 1 is 1.35 bits per heavy atom. The molecule has 4 heteroatoms. The van der Waals surface area contributed by atoms with Crippen molar-refractivity contribution in [3.8, 4) is 0 Å². The van der Waals surface area contributed by atoms with Crippen LogP contribution in [0.15, 0.2) is 4.52 Å². The molecule has 2 fully saturated rings. The fraction of sp³-hybridized carbons (Fsp3) is 0.846. The summed E-state index contributed by atoms with van der Waals surface area (Å²) >= 11 is 0. The van der Waals surface area contributed by atoms with Gasteiger partial charge in [-0.1, -0.05) is 12.1 Å². The smallest absolute Gasteiger partial charge is 0.229 e. The number of aliphatic hydroxyl groups excluding tert-OH is 1. The maximum atomic E-state index is 9.83. The molecule has 4 nitrogen and oxygen atoms in total. The lowest BCUT2D eigenvalue weighted by Crippen LogP contribution is -2.13. The van der Waals surface area contributed by atoms with E-state index >= 15 is 0 Å². The van der Waals surface area contributed by atoms with E-state index in [0.717, 1.165) is 24.6 Å². The van der Waals surface area contributed by atoms with E-state index in [4.69, 9.17) is 4.52 Å². The van der Waals surface area contributed by atoms with Gasteiger partial charge in [0.05, 0.1) is 12.5 Å². The van der Waals surface area contributed by atoms with E-state index in [1.807, 2.05) is 0 Å². The first-order valence-corrected chi connectivity index (χ1v) is 6.73. The van der Waals surface area contributed by atoms with Crippen LogP contribution in [0, 0.1) is 11.8 Å². The standard InChI is InChI=1S/C13H20N2O2/c1-8-2-3-10(6-8)13-14-12(17-15-13)7-11(16)9-4-5-9/h8-11,16H,2-7H2,1H3. The fourth-order valence-electron chi connectivity index (χ4n) is 2.78. The zero-order valence-electron chi connectivity index (χ0n) is 10.3. The van der Waals surface area contributed by atoms with Crippen molar-refractivity contribution < 1.29 is 9.63 Å². The summed E-state index contributed by atoms with van der Waals surface area (Å²) in [6.45, 7) is 2.28. The molecular weight excluding hydrogens is 216 g/mol.